The molecular formula is C13H27N3O2. The number of amides is 1. The highest BCUT2D eigenvalue weighted by Crippen LogP contribution is 2.08. The SMILES string of the molecule is CC(C)CC(CNC(=O)C1COCCN1)N(C)C. The molecule has 0 aliphatic carbocycles. The molecule has 0 spiro atoms. The van der Waals surface area contributed by atoms with Crippen molar-refractivity contribution in [2.75, 3.05) is 40.4 Å². The van der Waals surface area contributed by atoms with E-state index in [4.69, 9.17) is 4.74 Å². The summed E-state index contributed by atoms with van der Waals surface area (Å²) in [5.41, 5.74) is 0. The molecule has 18 heavy (non-hydrogen) atoms. The molecule has 0 saturated carbocycles. The summed E-state index contributed by atoms with van der Waals surface area (Å²) in [6.07, 6.45) is 1.09. The Morgan fingerprint density at radius 3 is 2.72 bits per heavy atom. The highest BCUT2D eigenvalue weighted by molar-refractivity contribution is 5.82. The van der Waals surface area contributed by atoms with Gasteiger partial charge in [-0.05, 0) is 26.4 Å². The first-order valence-electron chi connectivity index (χ1n) is 6.76. The van der Waals surface area contributed by atoms with Gasteiger partial charge in [0.2, 0.25) is 5.91 Å². The molecule has 0 bridgehead atoms. The van der Waals surface area contributed by atoms with Crippen LogP contribution in [0.1, 0.15) is 20.3 Å². The standard InChI is InChI=1S/C13H27N3O2/c1-10(2)7-11(16(3)4)8-15-13(17)12-9-18-6-5-14-12/h10-12,14H,5-9H2,1-4H3,(H,15,17). The van der Waals surface area contributed by atoms with Crippen molar-refractivity contribution in [1.29, 1.82) is 0 Å². The summed E-state index contributed by atoms with van der Waals surface area (Å²) in [6.45, 7) is 7.02. The van der Waals surface area contributed by atoms with Crippen molar-refractivity contribution in [2.45, 2.75) is 32.4 Å². The number of hydrogen-bond donors (Lipinski definition) is 2. The number of carbonyl (C=O) groups excluding carboxylic acids is 1. The van der Waals surface area contributed by atoms with Crippen LogP contribution in [0.4, 0.5) is 0 Å². The molecule has 0 aromatic carbocycles. The number of rotatable bonds is 6. The minimum Gasteiger partial charge on any atom is -0.378 e. The molecule has 1 amide bonds. The van der Waals surface area contributed by atoms with E-state index in [0.717, 1.165) is 13.0 Å². The van der Waals surface area contributed by atoms with Crippen molar-refractivity contribution in [1.82, 2.24) is 15.5 Å². The van der Waals surface area contributed by atoms with Crippen LogP contribution in [-0.2, 0) is 9.53 Å². The highest BCUT2D eigenvalue weighted by Gasteiger charge is 2.22. The van der Waals surface area contributed by atoms with Crippen molar-refractivity contribution < 1.29 is 9.53 Å². The maximum absolute atomic E-state index is 11.9. The van der Waals surface area contributed by atoms with E-state index in [2.05, 4.69) is 43.5 Å². The minimum absolute atomic E-state index is 0.0466. The zero-order chi connectivity index (χ0) is 13.5. The topological polar surface area (TPSA) is 53.6 Å². The minimum atomic E-state index is -0.194. The van der Waals surface area contributed by atoms with Gasteiger partial charge in [-0.2, -0.15) is 0 Å². The second kappa shape index (κ2) is 7.71. The predicted molar refractivity (Wildman–Crippen MR) is 72.5 cm³/mol. The quantitative estimate of drug-likeness (QED) is 0.707. The van der Waals surface area contributed by atoms with Crippen LogP contribution in [0, 0.1) is 5.92 Å². The van der Waals surface area contributed by atoms with Gasteiger partial charge < -0.3 is 20.3 Å². The number of nitrogens with one attached hydrogen (secondary N) is 2. The Balaban J connectivity index is 2.33. The molecular weight excluding hydrogens is 230 g/mol. The smallest absolute Gasteiger partial charge is 0.239 e. The average Bonchev–Trinajstić information content (AvgIpc) is 2.34. The van der Waals surface area contributed by atoms with Gasteiger partial charge in [0.05, 0.1) is 13.2 Å². The summed E-state index contributed by atoms with van der Waals surface area (Å²) in [7, 11) is 4.11. The Kier molecular flexibility index (Phi) is 6.60. The molecule has 1 fully saturated rings. The molecule has 106 valence electrons. The maximum atomic E-state index is 11.9. The summed E-state index contributed by atoms with van der Waals surface area (Å²) in [5.74, 6) is 0.677. The number of nitrogens with zero attached hydrogens (tertiary/aromatic N) is 1. The third-order valence-corrected chi connectivity index (χ3v) is 3.22. The van der Waals surface area contributed by atoms with Gasteiger partial charge in [0.15, 0.2) is 0 Å². The first-order chi connectivity index (χ1) is 8.50. The second-order valence-electron chi connectivity index (χ2n) is 5.57. The summed E-state index contributed by atoms with van der Waals surface area (Å²) in [4.78, 5) is 14.1. The summed E-state index contributed by atoms with van der Waals surface area (Å²) in [6, 6.07) is 0.194. The average molecular weight is 257 g/mol. The third-order valence-electron chi connectivity index (χ3n) is 3.22. The lowest BCUT2D eigenvalue weighted by Gasteiger charge is -2.28. The van der Waals surface area contributed by atoms with Crippen LogP contribution in [0.5, 0.6) is 0 Å². The molecule has 2 unspecified atom stereocenters. The Morgan fingerprint density at radius 2 is 2.22 bits per heavy atom. The largest absolute Gasteiger partial charge is 0.378 e. The molecule has 2 atom stereocenters. The van der Waals surface area contributed by atoms with Gasteiger partial charge in [-0.15, -0.1) is 0 Å². The molecule has 1 saturated heterocycles. The first kappa shape index (κ1) is 15.4. The van der Waals surface area contributed by atoms with Gasteiger partial charge in [-0.25, -0.2) is 0 Å². The van der Waals surface area contributed by atoms with Crippen LogP contribution >= 0.6 is 0 Å². The molecule has 1 aliphatic heterocycles. The Hall–Kier alpha value is -0.650. The van der Waals surface area contributed by atoms with E-state index in [1.807, 2.05) is 0 Å². The fourth-order valence-corrected chi connectivity index (χ4v) is 2.10. The maximum Gasteiger partial charge on any atom is 0.239 e. The van der Waals surface area contributed by atoms with Gasteiger partial charge >= 0.3 is 0 Å². The van der Waals surface area contributed by atoms with Crippen LogP contribution in [0.15, 0.2) is 0 Å². The summed E-state index contributed by atoms with van der Waals surface area (Å²) in [5, 5.41) is 6.18. The molecule has 1 rings (SSSR count). The number of hydrogen-bond acceptors (Lipinski definition) is 4. The number of carbonyl (C=O) groups is 1. The van der Waals surface area contributed by atoms with Crippen LogP contribution in [0.3, 0.4) is 0 Å². The molecule has 0 radical (unpaired) electrons. The second-order valence-corrected chi connectivity index (χ2v) is 5.57. The highest BCUT2D eigenvalue weighted by atomic mass is 16.5. The van der Waals surface area contributed by atoms with Gasteiger partial charge in [-0.1, -0.05) is 13.8 Å². The lowest BCUT2D eigenvalue weighted by atomic mass is 10.0. The molecule has 1 aliphatic rings. The Bertz CT molecular complexity index is 251. The van der Waals surface area contributed by atoms with Crippen LogP contribution in [0.25, 0.3) is 0 Å². The number of likely N-dealkylation sites (N-methyl/N-ethyl adjacent to an activating group) is 1. The van der Waals surface area contributed by atoms with Crippen LogP contribution in [0.2, 0.25) is 0 Å². The zero-order valence-corrected chi connectivity index (χ0v) is 12.0. The summed E-state index contributed by atoms with van der Waals surface area (Å²) >= 11 is 0. The first-order valence-corrected chi connectivity index (χ1v) is 6.76. The van der Waals surface area contributed by atoms with E-state index in [9.17, 15) is 4.79 Å². The van der Waals surface area contributed by atoms with E-state index in [0.29, 0.717) is 31.7 Å². The lowest BCUT2D eigenvalue weighted by molar-refractivity contribution is -0.126. The lowest BCUT2D eigenvalue weighted by Crippen LogP contribution is -2.53. The number of ether oxygens (including phenoxy) is 1. The molecule has 1 heterocycles. The van der Waals surface area contributed by atoms with Crippen molar-refractivity contribution in [3.8, 4) is 0 Å². The van der Waals surface area contributed by atoms with E-state index >= 15 is 0 Å². The van der Waals surface area contributed by atoms with Crippen molar-refractivity contribution >= 4 is 5.91 Å². The van der Waals surface area contributed by atoms with Crippen LogP contribution in [-0.4, -0.2) is 63.3 Å². The Morgan fingerprint density at radius 1 is 1.50 bits per heavy atom. The van der Waals surface area contributed by atoms with Crippen molar-refractivity contribution in [3.05, 3.63) is 0 Å². The molecule has 5 nitrogen and oxygen atoms in total. The van der Waals surface area contributed by atoms with Gasteiger partial charge in [0.25, 0.3) is 0 Å². The predicted octanol–water partition coefficient (Wildman–Crippen LogP) is 0.0673. The fourth-order valence-electron chi connectivity index (χ4n) is 2.10. The zero-order valence-electron chi connectivity index (χ0n) is 12.0. The van der Waals surface area contributed by atoms with E-state index in [-0.39, 0.29) is 11.9 Å². The third kappa shape index (κ3) is 5.33. The normalized spacial score (nSPS) is 22.2. The molecule has 0 aromatic rings. The van der Waals surface area contributed by atoms with E-state index in [1.54, 1.807) is 0 Å². The van der Waals surface area contributed by atoms with Crippen molar-refractivity contribution in [2.24, 2.45) is 5.92 Å². The van der Waals surface area contributed by atoms with Gasteiger partial charge in [0, 0.05) is 19.1 Å². The van der Waals surface area contributed by atoms with Gasteiger partial charge in [-0.3, -0.25) is 4.79 Å². The van der Waals surface area contributed by atoms with E-state index < -0.39 is 0 Å². The van der Waals surface area contributed by atoms with Gasteiger partial charge in [0.1, 0.15) is 6.04 Å². The molecule has 5 heteroatoms. The molecule has 0 aromatic heterocycles. The summed E-state index contributed by atoms with van der Waals surface area (Å²) < 4.78 is 5.29. The number of morpholine rings is 1. The molecule has 2 N–H and O–H groups in total. The van der Waals surface area contributed by atoms with Crippen molar-refractivity contribution in [3.63, 3.8) is 0 Å². The monoisotopic (exact) mass is 257 g/mol. The fraction of sp³-hybridized carbons (Fsp3) is 0.923. The van der Waals surface area contributed by atoms with E-state index in [1.165, 1.54) is 0 Å². The van der Waals surface area contributed by atoms with Crippen LogP contribution < -0.4 is 10.6 Å². The Labute approximate surface area is 110 Å².